The molecular formula is C13H23N3O. The Bertz CT molecular complexity index is 305. The molecule has 2 atom stereocenters. The van der Waals surface area contributed by atoms with Crippen LogP contribution in [0.3, 0.4) is 0 Å². The van der Waals surface area contributed by atoms with Gasteiger partial charge in [0.1, 0.15) is 0 Å². The highest BCUT2D eigenvalue weighted by atomic mass is 16.3. The molecule has 4 heteroatoms. The molecule has 0 aliphatic carbocycles. The summed E-state index contributed by atoms with van der Waals surface area (Å²) in [6.07, 6.45) is 5.54. The molecule has 0 radical (unpaired) electrons. The van der Waals surface area contributed by atoms with Crippen LogP contribution >= 0.6 is 0 Å². The van der Waals surface area contributed by atoms with Gasteiger partial charge in [0.15, 0.2) is 0 Å². The van der Waals surface area contributed by atoms with Gasteiger partial charge in [0.2, 0.25) is 0 Å². The van der Waals surface area contributed by atoms with Crippen molar-refractivity contribution in [2.24, 2.45) is 5.73 Å². The van der Waals surface area contributed by atoms with Crippen molar-refractivity contribution >= 4 is 0 Å². The molecule has 1 aromatic rings. The van der Waals surface area contributed by atoms with Crippen LogP contribution in [0.15, 0.2) is 24.5 Å². The standard InChI is InChI=1S/C13H23N3O/c1-3-4-12(14)13(10-17)16(2)9-11-5-7-15-8-6-11/h5-8,12-13,17H,3-4,9-10,14H2,1-2H3. The monoisotopic (exact) mass is 237 g/mol. The lowest BCUT2D eigenvalue weighted by Gasteiger charge is -2.31. The van der Waals surface area contributed by atoms with Gasteiger partial charge >= 0.3 is 0 Å². The van der Waals surface area contributed by atoms with Gasteiger partial charge in [-0.3, -0.25) is 9.88 Å². The number of nitrogens with zero attached hydrogens (tertiary/aromatic N) is 2. The molecule has 0 saturated carbocycles. The Labute approximate surface area is 103 Å². The molecule has 96 valence electrons. The molecular weight excluding hydrogens is 214 g/mol. The Kier molecular flexibility index (Phi) is 6.11. The van der Waals surface area contributed by atoms with E-state index in [1.165, 1.54) is 5.56 Å². The van der Waals surface area contributed by atoms with Gasteiger partial charge in [-0.15, -0.1) is 0 Å². The van der Waals surface area contributed by atoms with E-state index in [0.29, 0.717) is 0 Å². The minimum atomic E-state index is 0.0168. The largest absolute Gasteiger partial charge is 0.395 e. The van der Waals surface area contributed by atoms with Crippen molar-refractivity contribution in [3.63, 3.8) is 0 Å². The first-order chi connectivity index (χ1) is 8.19. The number of aliphatic hydroxyl groups excluding tert-OH is 1. The smallest absolute Gasteiger partial charge is 0.0601 e. The van der Waals surface area contributed by atoms with Gasteiger partial charge in [0, 0.05) is 31.0 Å². The Morgan fingerprint density at radius 2 is 2.06 bits per heavy atom. The predicted octanol–water partition coefficient (Wildman–Crippen LogP) is 1.00. The summed E-state index contributed by atoms with van der Waals surface area (Å²) in [4.78, 5) is 6.10. The lowest BCUT2D eigenvalue weighted by atomic mass is 10.0. The maximum Gasteiger partial charge on any atom is 0.0601 e. The first-order valence-electron chi connectivity index (χ1n) is 6.14. The van der Waals surface area contributed by atoms with E-state index in [0.717, 1.165) is 19.4 Å². The topological polar surface area (TPSA) is 62.4 Å². The molecule has 0 fully saturated rings. The lowest BCUT2D eigenvalue weighted by Crippen LogP contribution is -2.48. The Hall–Kier alpha value is -0.970. The van der Waals surface area contributed by atoms with Crippen LogP contribution in [0.25, 0.3) is 0 Å². The normalized spacial score (nSPS) is 14.9. The second-order valence-electron chi connectivity index (χ2n) is 4.47. The summed E-state index contributed by atoms with van der Waals surface area (Å²) in [5.41, 5.74) is 7.26. The second-order valence-corrected chi connectivity index (χ2v) is 4.47. The van der Waals surface area contributed by atoms with Gasteiger partial charge < -0.3 is 10.8 Å². The molecule has 1 heterocycles. The summed E-state index contributed by atoms with van der Waals surface area (Å²) >= 11 is 0. The minimum Gasteiger partial charge on any atom is -0.395 e. The third kappa shape index (κ3) is 4.42. The Morgan fingerprint density at radius 3 is 2.59 bits per heavy atom. The molecule has 1 rings (SSSR count). The number of likely N-dealkylation sites (N-methyl/N-ethyl adjacent to an activating group) is 1. The summed E-state index contributed by atoms with van der Waals surface area (Å²) < 4.78 is 0. The number of pyridine rings is 1. The van der Waals surface area contributed by atoms with Crippen LogP contribution in [0.4, 0.5) is 0 Å². The van der Waals surface area contributed by atoms with E-state index < -0.39 is 0 Å². The molecule has 0 aliphatic heterocycles. The quantitative estimate of drug-likeness (QED) is 0.742. The highest BCUT2D eigenvalue weighted by Crippen LogP contribution is 2.10. The zero-order chi connectivity index (χ0) is 12.7. The molecule has 0 amide bonds. The molecule has 1 aromatic heterocycles. The molecule has 2 unspecified atom stereocenters. The van der Waals surface area contributed by atoms with E-state index in [9.17, 15) is 5.11 Å². The van der Waals surface area contributed by atoms with Crippen molar-refractivity contribution < 1.29 is 5.11 Å². The summed E-state index contributed by atoms with van der Waals surface area (Å²) in [5.74, 6) is 0. The third-order valence-corrected chi connectivity index (χ3v) is 3.05. The van der Waals surface area contributed by atoms with Crippen LogP contribution in [0, 0.1) is 0 Å². The number of nitrogens with two attached hydrogens (primary N) is 1. The fraction of sp³-hybridized carbons (Fsp3) is 0.615. The van der Waals surface area contributed by atoms with Crippen molar-refractivity contribution in [1.29, 1.82) is 0 Å². The van der Waals surface area contributed by atoms with Crippen molar-refractivity contribution in [3.05, 3.63) is 30.1 Å². The molecule has 0 saturated heterocycles. The molecule has 4 nitrogen and oxygen atoms in total. The summed E-state index contributed by atoms with van der Waals surface area (Å²) in [7, 11) is 2.00. The first kappa shape index (κ1) is 14.1. The van der Waals surface area contributed by atoms with Gasteiger partial charge in [0.25, 0.3) is 0 Å². The van der Waals surface area contributed by atoms with Gasteiger partial charge in [-0.05, 0) is 31.2 Å². The third-order valence-electron chi connectivity index (χ3n) is 3.05. The average molecular weight is 237 g/mol. The number of hydrogen-bond donors (Lipinski definition) is 2. The first-order valence-corrected chi connectivity index (χ1v) is 6.14. The van der Waals surface area contributed by atoms with Gasteiger partial charge in [-0.25, -0.2) is 0 Å². The van der Waals surface area contributed by atoms with Crippen LogP contribution < -0.4 is 5.73 Å². The van der Waals surface area contributed by atoms with E-state index in [1.807, 2.05) is 19.2 Å². The average Bonchev–Trinajstić information content (AvgIpc) is 2.31. The molecule has 0 bridgehead atoms. The SMILES string of the molecule is CCCC(N)C(CO)N(C)Cc1ccncc1. The van der Waals surface area contributed by atoms with Crippen LogP contribution in [0.1, 0.15) is 25.3 Å². The Balaban J connectivity index is 2.57. The number of rotatable bonds is 7. The fourth-order valence-corrected chi connectivity index (χ4v) is 2.02. The predicted molar refractivity (Wildman–Crippen MR) is 69.5 cm³/mol. The van der Waals surface area contributed by atoms with Crippen molar-refractivity contribution in [2.45, 2.75) is 38.4 Å². The number of hydrogen-bond acceptors (Lipinski definition) is 4. The molecule has 0 spiro atoms. The highest BCUT2D eigenvalue weighted by molar-refractivity contribution is 5.09. The fourth-order valence-electron chi connectivity index (χ4n) is 2.02. The van der Waals surface area contributed by atoms with Crippen molar-refractivity contribution in [1.82, 2.24) is 9.88 Å². The summed E-state index contributed by atoms with van der Waals surface area (Å²) in [6.45, 7) is 2.99. The van der Waals surface area contributed by atoms with Crippen LogP contribution in [0.5, 0.6) is 0 Å². The maximum atomic E-state index is 9.44. The van der Waals surface area contributed by atoms with Crippen LogP contribution in [0.2, 0.25) is 0 Å². The van der Waals surface area contributed by atoms with Crippen molar-refractivity contribution in [3.8, 4) is 0 Å². The van der Waals surface area contributed by atoms with E-state index >= 15 is 0 Å². The molecule has 17 heavy (non-hydrogen) atoms. The zero-order valence-electron chi connectivity index (χ0n) is 10.7. The molecule has 0 aliphatic rings. The second kappa shape index (κ2) is 7.37. The Morgan fingerprint density at radius 1 is 1.41 bits per heavy atom. The summed E-state index contributed by atoms with van der Waals surface area (Å²) in [6, 6.07) is 4.01. The minimum absolute atomic E-state index is 0.0168. The molecule has 3 N–H and O–H groups in total. The van der Waals surface area contributed by atoms with Crippen LogP contribution in [-0.2, 0) is 6.54 Å². The summed E-state index contributed by atoms with van der Waals surface area (Å²) in [5, 5.41) is 9.44. The van der Waals surface area contributed by atoms with Gasteiger partial charge in [-0.2, -0.15) is 0 Å². The van der Waals surface area contributed by atoms with E-state index in [-0.39, 0.29) is 18.7 Å². The lowest BCUT2D eigenvalue weighted by molar-refractivity contribution is 0.118. The van der Waals surface area contributed by atoms with Crippen molar-refractivity contribution in [2.75, 3.05) is 13.7 Å². The maximum absolute atomic E-state index is 9.44. The zero-order valence-corrected chi connectivity index (χ0v) is 10.7. The van der Waals surface area contributed by atoms with E-state index in [1.54, 1.807) is 12.4 Å². The van der Waals surface area contributed by atoms with Crippen LogP contribution in [-0.4, -0.2) is 40.7 Å². The molecule has 0 aromatic carbocycles. The van der Waals surface area contributed by atoms with Gasteiger partial charge in [0.05, 0.1) is 6.61 Å². The highest BCUT2D eigenvalue weighted by Gasteiger charge is 2.20. The van der Waals surface area contributed by atoms with E-state index in [2.05, 4.69) is 16.8 Å². The number of aromatic nitrogens is 1. The number of aliphatic hydroxyl groups is 1. The van der Waals surface area contributed by atoms with Gasteiger partial charge in [-0.1, -0.05) is 13.3 Å². The van der Waals surface area contributed by atoms with E-state index in [4.69, 9.17) is 5.73 Å².